The number of fused-ring (bicyclic) bond motifs is 1. The van der Waals surface area contributed by atoms with E-state index in [-0.39, 0.29) is 11.8 Å². The molecule has 0 bridgehead atoms. The summed E-state index contributed by atoms with van der Waals surface area (Å²) in [5, 5.41) is 3.49. The van der Waals surface area contributed by atoms with E-state index in [1.54, 1.807) is 27.1 Å². The number of benzene rings is 1. The Morgan fingerprint density at radius 2 is 1.88 bits per heavy atom. The number of nitrogens with one attached hydrogen (secondary N) is 1. The van der Waals surface area contributed by atoms with Gasteiger partial charge in [-0.2, -0.15) is 0 Å². The number of carbonyl (C=O) groups excluding carboxylic acids is 2. The second kappa shape index (κ2) is 7.00. The highest BCUT2D eigenvalue weighted by molar-refractivity contribution is 6.08. The van der Waals surface area contributed by atoms with Crippen molar-refractivity contribution in [3.8, 4) is 11.5 Å². The predicted octanol–water partition coefficient (Wildman–Crippen LogP) is 3.01. The van der Waals surface area contributed by atoms with Crippen LogP contribution in [-0.2, 0) is 4.79 Å². The van der Waals surface area contributed by atoms with E-state index >= 15 is 0 Å². The number of likely N-dealkylation sites (N-methyl/N-ethyl adjacent to an activating group) is 1. The first-order valence-corrected chi connectivity index (χ1v) is 8.35. The van der Waals surface area contributed by atoms with Crippen LogP contribution in [-0.4, -0.2) is 41.8 Å². The largest absolute Gasteiger partial charge is 0.460 e. The molecule has 0 saturated heterocycles. The summed E-state index contributed by atoms with van der Waals surface area (Å²) in [5.74, 6) is 0.875. The maximum Gasteiger partial charge on any atom is 0.252 e. The predicted molar refractivity (Wildman–Crippen MR) is 99.8 cm³/mol. The minimum Gasteiger partial charge on any atom is -0.460 e. The van der Waals surface area contributed by atoms with Gasteiger partial charge in [-0.1, -0.05) is 18.2 Å². The van der Waals surface area contributed by atoms with Gasteiger partial charge in [0.2, 0.25) is 5.91 Å². The smallest absolute Gasteiger partial charge is 0.252 e. The number of hydrogen-bond acceptors (Lipinski definition) is 4. The number of aromatic nitrogens is 1. The molecule has 6 heteroatoms. The molecule has 0 fully saturated rings. The molecule has 0 radical (unpaired) electrons. The molecule has 2 heterocycles. The van der Waals surface area contributed by atoms with E-state index in [9.17, 15) is 9.59 Å². The first-order valence-electron chi connectivity index (χ1n) is 8.35. The number of nitrogens with zero attached hydrogens (tertiary/aromatic N) is 2. The third-order valence-corrected chi connectivity index (χ3v) is 4.11. The van der Waals surface area contributed by atoms with Crippen LogP contribution in [0.5, 0.6) is 0 Å². The van der Waals surface area contributed by atoms with Crippen LogP contribution in [0.2, 0.25) is 0 Å². The van der Waals surface area contributed by atoms with Gasteiger partial charge >= 0.3 is 0 Å². The topological polar surface area (TPSA) is 75.4 Å². The van der Waals surface area contributed by atoms with Crippen molar-refractivity contribution < 1.29 is 14.0 Å². The minimum atomic E-state index is -0.626. The zero-order valence-electron chi connectivity index (χ0n) is 15.2. The van der Waals surface area contributed by atoms with Crippen LogP contribution in [0, 0.1) is 6.92 Å². The number of hydrogen-bond donors (Lipinski definition) is 1. The van der Waals surface area contributed by atoms with Crippen LogP contribution < -0.4 is 5.32 Å². The molecular formula is C20H21N3O3. The maximum absolute atomic E-state index is 12.8. The lowest BCUT2D eigenvalue weighted by Gasteiger charge is -2.18. The zero-order chi connectivity index (χ0) is 18.8. The Balaban J connectivity index is 2.03. The molecule has 3 rings (SSSR count). The van der Waals surface area contributed by atoms with Crippen molar-refractivity contribution in [1.29, 1.82) is 0 Å². The molecule has 1 N–H and O–H groups in total. The Kier molecular flexibility index (Phi) is 4.75. The Morgan fingerprint density at radius 1 is 1.15 bits per heavy atom. The number of aryl methyl sites for hydroxylation is 1. The second-order valence-electron chi connectivity index (χ2n) is 6.41. The molecular weight excluding hydrogens is 330 g/mol. The molecule has 3 aromatic rings. The van der Waals surface area contributed by atoms with Crippen LogP contribution in [0.1, 0.15) is 23.0 Å². The third-order valence-electron chi connectivity index (χ3n) is 4.11. The van der Waals surface area contributed by atoms with Crippen molar-refractivity contribution in [3.05, 3.63) is 53.8 Å². The highest BCUT2D eigenvalue weighted by Gasteiger charge is 2.21. The van der Waals surface area contributed by atoms with E-state index in [1.165, 1.54) is 4.90 Å². The number of pyridine rings is 1. The van der Waals surface area contributed by atoms with Crippen LogP contribution in [0.4, 0.5) is 0 Å². The summed E-state index contributed by atoms with van der Waals surface area (Å²) in [4.78, 5) is 30.9. The van der Waals surface area contributed by atoms with E-state index in [0.717, 1.165) is 11.1 Å². The van der Waals surface area contributed by atoms with Gasteiger partial charge in [0.25, 0.3) is 5.91 Å². The van der Waals surface area contributed by atoms with Gasteiger partial charge in [0.05, 0.1) is 11.1 Å². The van der Waals surface area contributed by atoms with Gasteiger partial charge in [0.1, 0.15) is 17.5 Å². The van der Waals surface area contributed by atoms with Crippen molar-refractivity contribution in [2.75, 3.05) is 14.1 Å². The summed E-state index contributed by atoms with van der Waals surface area (Å²) in [7, 11) is 3.31. The molecule has 1 unspecified atom stereocenters. The van der Waals surface area contributed by atoms with E-state index in [0.29, 0.717) is 22.5 Å². The van der Waals surface area contributed by atoms with Gasteiger partial charge in [-0.15, -0.1) is 0 Å². The van der Waals surface area contributed by atoms with E-state index in [4.69, 9.17) is 4.42 Å². The normalized spacial score (nSPS) is 12.0. The average Bonchev–Trinajstić information content (AvgIpc) is 3.06. The molecule has 26 heavy (non-hydrogen) atoms. The summed E-state index contributed by atoms with van der Waals surface area (Å²) >= 11 is 0. The maximum atomic E-state index is 12.8. The standard InChI is InChI=1S/C20H21N3O3/c1-12-9-10-18(26-12)17-11-15(14-7-5-6-8-16(14)22-17)19(24)21-13(2)20(25)23(3)4/h5-11,13H,1-4H3,(H,21,24). The average molecular weight is 351 g/mol. The number of rotatable bonds is 4. The van der Waals surface area contributed by atoms with Crippen LogP contribution in [0.15, 0.2) is 46.9 Å². The number of para-hydroxylation sites is 1. The zero-order valence-corrected chi connectivity index (χ0v) is 15.2. The fourth-order valence-electron chi connectivity index (χ4n) is 2.79. The third kappa shape index (κ3) is 3.44. The lowest BCUT2D eigenvalue weighted by Crippen LogP contribution is -2.44. The Morgan fingerprint density at radius 3 is 2.54 bits per heavy atom. The molecule has 0 saturated carbocycles. The molecule has 0 aliphatic carbocycles. The fourth-order valence-corrected chi connectivity index (χ4v) is 2.79. The van der Waals surface area contributed by atoms with Gasteiger partial charge in [0, 0.05) is 19.5 Å². The first-order chi connectivity index (χ1) is 12.4. The van der Waals surface area contributed by atoms with Gasteiger partial charge in [-0.25, -0.2) is 4.98 Å². The lowest BCUT2D eigenvalue weighted by atomic mass is 10.1. The lowest BCUT2D eigenvalue weighted by molar-refractivity contribution is -0.130. The van der Waals surface area contributed by atoms with Gasteiger partial charge < -0.3 is 14.6 Å². The quantitative estimate of drug-likeness (QED) is 0.784. The molecule has 1 atom stereocenters. The molecule has 1 aromatic carbocycles. The van der Waals surface area contributed by atoms with E-state index in [2.05, 4.69) is 10.3 Å². The van der Waals surface area contributed by atoms with Gasteiger partial charge in [0.15, 0.2) is 5.76 Å². The minimum absolute atomic E-state index is 0.168. The molecule has 0 aliphatic heterocycles. The molecule has 2 aromatic heterocycles. The van der Waals surface area contributed by atoms with Crippen LogP contribution in [0.25, 0.3) is 22.4 Å². The number of furan rings is 1. The Hall–Kier alpha value is -3.15. The molecule has 2 amide bonds. The number of carbonyl (C=O) groups is 2. The van der Waals surface area contributed by atoms with Gasteiger partial charge in [-0.05, 0) is 38.1 Å². The SMILES string of the molecule is Cc1ccc(-c2cc(C(=O)NC(C)C(=O)N(C)C)c3ccccc3n2)o1. The van der Waals surface area contributed by atoms with Crippen molar-refractivity contribution in [1.82, 2.24) is 15.2 Å². The molecule has 0 aliphatic rings. The highest BCUT2D eigenvalue weighted by atomic mass is 16.3. The monoisotopic (exact) mass is 351 g/mol. The highest BCUT2D eigenvalue weighted by Crippen LogP contribution is 2.26. The summed E-state index contributed by atoms with van der Waals surface area (Å²) in [5.41, 5.74) is 1.72. The Labute approximate surface area is 151 Å². The Bertz CT molecular complexity index is 975. The number of amides is 2. The molecule has 0 spiro atoms. The van der Waals surface area contributed by atoms with E-state index in [1.807, 2.05) is 43.3 Å². The van der Waals surface area contributed by atoms with Crippen molar-refractivity contribution in [2.45, 2.75) is 19.9 Å². The summed E-state index contributed by atoms with van der Waals surface area (Å²) in [6.45, 7) is 3.52. The van der Waals surface area contributed by atoms with Crippen molar-refractivity contribution in [2.24, 2.45) is 0 Å². The summed E-state index contributed by atoms with van der Waals surface area (Å²) < 4.78 is 5.65. The molecule has 6 nitrogen and oxygen atoms in total. The fraction of sp³-hybridized carbons (Fsp3) is 0.250. The summed E-state index contributed by atoms with van der Waals surface area (Å²) in [6.07, 6.45) is 0. The van der Waals surface area contributed by atoms with E-state index < -0.39 is 6.04 Å². The first kappa shape index (κ1) is 17.7. The van der Waals surface area contributed by atoms with Gasteiger partial charge in [-0.3, -0.25) is 9.59 Å². The van der Waals surface area contributed by atoms with Crippen LogP contribution >= 0.6 is 0 Å². The molecule has 134 valence electrons. The van der Waals surface area contributed by atoms with Crippen molar-refractivity contribution in [3.63, 3.8) is 0 Å². The van der Waals surface area contributed by atoms with Crippen molar-refractivity contribution >= 4 is 22.7 Å². The summed E-state index contributed by atoms with van der Waals surface area (Å²) in [6, 6.07) is 12.2. The van der Waals surface area contributed by atoms with Crippen LogP contribution in [0.3, 0.4) is 0 Å². The second-order valence-corrected chi connectivity index (χ2v) is 6.41.